The highest BCUT2D eigenvalue weighted by Crippen LogP contribution is 2.17. The molecule has 2 rings (SSSR count). The molecule has 0 unspecified atom stereocenters. The van der Waals surface area contributed by atoms with Gasteiger partial charge in [-0.25, -0.2) is 0 Å². The molecule has 1 saturated heterocycles. The lowest BCUT2D eigenvalue weighted by atomic mass is 10.1. The van der Waals surface area contributed by atoms with Crippen LogP contribution in [-0.4, -0.2) is 32.1 Å². The van der Waals surface area contributed by atoms with Crippen LogP contribution in [0.3, 0.4) is 0 Å². The number of allylic oxidation sites excluding steroid dienone is 1. The van der Waals surface area contributed by atoms with E-state index in [1.165, 1.54) is 5.69 Å². The Kier molecular flexibility index (Phi) is 3.94. The average Bonchev–Trinajstić information content (AvgIpc) is 2.38. The van der Waals surface area contributed by atoms with Crippen LogP contribution in [0.15, 0.2) is 30.3 Å². The molecule has 1 aromatic carbocycles. The molecule has 1 fully saturated rings. The van der Waals surface area contributed by atoms with Crippen molar-refractivity contribution >= 4 is 17.5 Å². The molecule has 0 aromatic heterocycles. The van der Waals surface area contributed by atoms with Crippen molar-refractivity contribution in [2.75, 3.05) is 31.2 Å². The first kappa shape index (κ1) is 11.9. The number of carbonyl (C=O) groups excluding carboxylic acids is 1. The minimum Gasteiger partial charge on any atom is -0.378 e. The van der Waals surface area contributed by atoms with Crippen LogP contribution in [0.5, 0.6) is 0 Å². The lowest BCUT2D eigenvalue weighted by Crippen LogP contribution is -2.36. The second-order valence-electron chi connectivity index (χ2n) is 4.13. The van der Waals surface area contributed by atoms with E-state index in [2.05, 4.69) is 17.0 Å². The van der Waals surface area contributed by atoms with Gasteiger partial charge in [-0.3, -0.25) is 4.79 Å². The maximum Gasteiger partial charge on any atom is 0.152 e. The summed E-state index contributed by atoms with van der Waals surface area (Å²) in [6.07, 6.45) is 3.43. The summed E-state index contributed by atoms with van der Waals surface area (Å²) in [5, 5.41) is 0. The second-order valence-corrected chi connectivity index (χ2v) is 4.13. The van der Waals surface area contributed by atoms with Gasteiger partial charge < -0.3 is 9.64 Å². The van der Waals surface area contributed by atoms with E-state index in [9.17, 15) is 4.79 Å². The predicted molar refractivity (Wildman–Crippen MR) is 69.2 cm³/mol. The fraction of sp³-hybridized carbons (Fsp3) is 0.357. The summed E-state index contributed by atoms with van der Waals surface area (Å²) in [5.74, 6) is 0.0715. The van der Waals surface area contributed by atoms with Crippen LogP contribution in [-0.2, 0) is 9.53 Å². The zero-order valence-electron chi connectivity index (χ0n) is 10.1. The van der Waals surface area contributed by atoms with Gasteiger partial charge in [0.15, 0.2) is 5.78 Å². The summed E-state index contributed by atoms with van der Waals surface area (Å²) in [4.78, 5) is 13.1. The molecule has 1 aromatic rings. The minimum atomic E-state index is 0.0715. The molecular weight excluding hydrogens is 214 g/mol. The molecule has 0 atom stereocenters. The minimum absolute atomic E-state index is 0.0715. The first-order chi connectivity index (χ1) is 8.25. The quantitative estimate of drug-likeness (QED) is 0.746. The van der Waals surface area contributed by atoms with E-state index in [1.54, 1.807) is 13.0 Å². The number of morpholine rings is 1. The van der Waals surface area contributed by atoms with Crippen molar-refractivity contribution in [3.8, 4) is 0 Å². The van der Waals surface area contributed by atoms with Crippen LogP contribution < -0.4 is 4.90 Å². The number of hydrogen-bond donors (Lipinski definition) is 0. The van der Waals surface area contributed by atoms with Gasteiger partial charge in [-0.05, 0) is 30.7 Å². The van der Waals surface area contributed by atoms with Gasteiger partial charge in [0.2, 0.25) is 0 Å². The van der Waals surface area contributed by atoms with Gasteiger partial charge in [-0.15, -0.1) is 0 Å². The highest BCUT2D eigenvalue weighted by atomic mass is 16.5. The van der Waals surface area contributed by atoms with Gasteiger partial charge in [-0.1, -0.05) is 18.2 Å². The van der Waals surface area contributed by atoms with Crippen LogP contribution in [0.25, 0.3) is 6.08 Å². The van der Waals surface area contributed by atoms with E-state index in [-0.39, 0.29) is 5.78 Å². The molecule has 17 heavy (non-hydrogen) atoms. The van der Waals surface area contributed by atoms with E-state index in [0.29, 0.717) is 0 Å². The largest absolute Gasteiger partial charge is 0.378 e. The zero-order chi connectivity index (χ0) is 12.1. The summed E-state index contributed by atoms with van der Waals surface area (Å²) in [5.41, 5.74) is 2.27. The molecule has 0 bridgehead atoms. The van der Waals surface area contributed by atoms with Gasteiger partial charge in [0.25, 0.3) is 0 Å². The maximum atomic E-state index is 10.8. The molecule has 90 valence electrons. The van der Waals surface area contributed by atoms with E-state index in [4.69, 9.17) is 4.74 Å². The number of ether oxygens (including phenoxy) is 1. The molecule has 1 aliphatic rings. The van der Waals surface area contributed by atoms with Crippen molar-refractivity contribution in [2.45, 2.75) is 6.92 Å². The normalized spacial score (nSPS) is 16.4. The van der Waals surface area contributed by atoms with Crippen molar-refractivity contribution in [2.24, 2.45) is 0 Å². The van der Waals surface area contributed by atoms with Gasteiger partial charge in [0.05, 0.1) is 13.2 Å². The standard InChI is InChI=1S/C14H17NO2/c1-12(16)2-3-13-4-6-14(7-5-13)15-8-10-17-11-9-15/h2-7H,8-11H2,1H3/b3-2+. The van der Waals surface area contributed by atoms with Crippen molar-refractivity contribution in [1.29, 1.82) is 0 Å². The molecule has 0 spiro atoms. The Balaban J connectivity index is 2.04. The third-order valence-electron chi connectivity index (χ3n) is 2.78. The van der Waals surface area contributed by atoms with Crippen LogP contribution in [0.4, 0.5) is 5.69 Å². The monoisotopic (exact) mass is 231 g/mol. The fourth-order valence-corrected chi connectivity index (χ4v) is 1.83. The number of hydrogen-bond acceptors (Lipinski definition) is 3. The summed E-state index contributed by atoms with van der Waals surface area (Å²) >= 11 is 0. The topological polar surface area (TPSA) is 29.5 Å². The molecule has 3 heteroatoms. The Labute approximate surface area is 102 Å². The molecule has 3 nitrogen and oxygen atoms in total. The lowest BCUT2D eigenvalue weighted by Gasteiger charge is -2.28. The SMILES string of the molecule is CC(=O)/C=C/c1ccc(N2CCOCC2)cc1. The molecule has 0 amide bonds. The molecule has 1 heterocycles. The smallest absolute Gasteiger partial charge is 0.152 e. The van der Waals surface area contributed by atoms with Crippen molar-refractivity contribution in [3.63, 3.8) is 0 Å². The Bertz CT molecular complexity index is 403. The maximum absolute atomic E-state index is 10.8. The number of anilines is 1. The number of nitrogens with zero attached hydrogens (tertiary/aromatic N) is 1. The first-order valence-corrected chi connectivity index (χ1v) is 5.87. The van der Waals surface area contributed by atoms with Crippen molar-refractivity contribution in [1.82, 2.24) is 0 Å². The predicted octanol–water partition coefficient (Wildman–Crippen LogP) is 2.13. The van der Waals surface area contributed by atoms with Crippen LogP contribution in [0, 0.1) is 0 Å². The Morgan fingerprint density at radius 3 is 2.47 bits per heavy atom. The number of rotatable bonds is 3. The Morgan fingerprint density at radius 1 is 1.24 bits per heavy atom. The molecule has 0 aliphatic carbocycles. The van der Waals surface area contributed by atoms with E-state index in [0.717, 1.165) is 31.9 Å². The zero-order valence-corrected chi connectivity index (χ0v) is 10.1. The van der Waals surface area contributed by atoms with Gasteiger partial charge in [0, 0.05) is 18.8 Å². The summed E-state index contributed by atoms with van der Waals surface area (Å²) in [6.45, 7) is 5.04. The highest BCUT2D eigenvalue weighted by Gasteiger charge is 2.10. The summed E-state index contributed by atoms with van der Waals surface area (Å²) in [6, 6.07) is 8.24. The van der Waals surface area contributed by atoms with E-state index in [1.807, 2.05) is 18.2 Å². The molecule has 0 N–H and O–H groups in total. The first-order valence-electron chi connectivity index (χ1n) is 5.87. The Hall–Kier alpha value is -1.61. The number of carbonyl (C=O) groups is 1. The third-order valence-corrected chi connectivity index (χ3v) is 2.78. The molecule has 0 radical (unpaired) electrons. The second kappa shape index (κ2) is 5.64. The van der Waals surface area contributed by atoms with E-state index < -0.39 is 0 Å². The summed E-state index contributed by atoms with van der Waals surface area (Å²) < 4.78 is 5.32. The third kappa shape index (κ3) is 3.43. The van der Waals surface area contributed by atoms with Gasteiger partial charge >= 0.3 is 0 Å². The lowest BCUT2D eigenvalue weighted by molar-refractivity contribution is -0.112. The van der Waals surface area contributed by atoms with Crippen LogP contribution in [0.1, 0.15) is 12.5 Å². The molecule has 0 saturated carbocycles. The molecule has 1 aliphatic heterocycles. The van der Waals surface area contributed by atoms with Crippen LogP contribution in [0.2, 0.25) is 0 Å². The summed E-state index contributed by atoms with van der Waals surface area (Å²) in [7, 11) is 0. The van der Waals surface area contributed by atoms with Gasteiger partial charge in [-0.2, -0.15) is 0 Å². The van der Waals surface area contributed by atoms with Crippen molar-refractivity contribution in [3.05, 3.63) is 35.9 Å². The fourth-order valence-electron chi connectivity index (χ4n) is 1.83. The highest BCUT2D eigenvalue weighted by molar-refractivity contribution is 5.91. The van der Waals surface area contributed by atoms with Crippen LogP contribution >= 0.6 is 0 Å². The Morgan fingerprint density at radius 2 is 1.88 bits per heavy atom. The van der Waals surface area contributed by atoms with Crippen molar-refractivity contribution < 1.29 is 9.53 Å². The van der Waals surface area contributed by atoms with Gasteiger partial charge in [0.1, 0.15) is 0 Å². The number of ketones is 1. The van der Waals surface area contributed by atoms with E-state index >= 15 is 0 Å². The average molecular weight is 231 g/mol. The number of benzene rings is 1. The molecular formula is C14H17NO2.